The van der Waals surface area contributed by atoms with Gasteiger partial charge in [0, 0.05) is 22.7 Å². The summed E-state index contributed by atoms with van der Waals surface area (Å²) in [6.07, 6.45) is 2.79. The van der Waals surface area contributed by atoms with Crippen molar-refractivity contribution in [1.29, 1.82) is 0 Å². The smallest absolute Gasteiger partial charge is 0.268 e. The number of carbonyl (C=O) groups excluding carboxylic acids is 2. The van der Waals surface area contributed by atoms with Crippen LogP contribution in [0.3, 0.4) is 0 Å². The molecule has 0 radical (unpaired) electrons. The van der Waals surface area contributed by atoms with Crippen molar-refractivity contribution in [2.24, 2.45) is 5.41 Å². The quantitative estimate of drug-likeness (QED) is 0.743. The Balaban J connectivity index is 2.22. The van der Waals surface area contributed by atoms with Crippen molar-refractivity contribution in [2.75, 3.05) is 6.61 Å². The number of aromatic amines is 1. The molecule has 2 unspecified atom stereocenters. The number of aliphatic hydroxyl groups excluding tert-OH is 1. The molecule has 0 spiro atoms. The molecule has 21 heavy (non-hydrogen) atoms. The van der Waals surface area contributed by atoms with E-state index in [-0.39, 0.29) is 29.8 Å². The Morgan fingerprint density at radius 2 is 2.10 bits per heavy atom. The minimum Gasteiger partial charge on any atom is -0.396 e. The van der Waals surface area contributed by atoms with Gasteiger partial charge >= 0.3 is 0 Å². The topological polar surface area (TPSA) is 82.2 Å². The summed E-state index contributed by atoms with van der Waals surface area (Å²) in [6, 6.07) is -0.0289. The van der Waals surface area contributed by atoms with Crippen LogP contribution in [0.25, 0.3) is 0 Å². The first-order valence-corrected chi connectivity index (χ1v) is 7.42. The maximum atomic E-state index is 12.5. The maximum Gasteiger partial charge on any atom is 0.268 e. The molecule has 3 N–H and O–H groups in total. The normalized spacial score (nSPS) is 25.1. The molecule has 2 atom stereocenters. The summed E-state index contributed by atoms with van der Waals surface area (Å²) >= 11 is 0. The molecule has 1 aromatic heterocycles. The fraction of sp³-hybridized carbons (Fsp3) is 0.625. The van der Waals surface area contributed by atoms with Crippen LogP contribution in [0.15, 0.2) is 0 Å². The van der Waals surface area contributed by atoms with Crippen LogP contribution >= 0.6 is 0 Å². The van der Waals surface area contributed by atoms with Gasteiger partial charge in [0.05, 0.1) is 6.61 Å². The Hall–Kier alpha value is -1.62. The van der Waals surface area contributed by atoms with Gasteiger partial charge in [-0.3, -0.25) is 9.59 Å². The molecule has 1 amide bonds. The van der Waals surface area contributed by atoms with Crippen molar-refractivity contribution in [3.63, 3.8) is 0 Å². The Bertz CT molecular complexity index is 576. The Morgan fingerprint density at radius 1 is 1.43 bits per heavy atom. The Kier molecular flexibility index (Phi) is 4.23. The van der Waals surface area contributed by atoms with E-state index >= 15 is 0 Å². The van der Waals surface area contributed by atoms with Crippen LogP contribution in [0.2, 0.25) is 0 Å². The lowest BCUT2D eigenvalue weighted by molar-refractivity contribution is 0.0826. The number of amides is 1. The van der Waals surface area contributed by atoms with Gasteiger partial charge in [-0.15, -0.1) is 0 Å². The fourth-order valence-electron chi connectivity index (χ4n) is 3.40. The number of nitrogens with one attached hydrogen (secondary N) is 2. The van der Waals surface area contributed by atoms with Crippen LogP contribution in [0.1, 0.15) is 65.2 Å². The summed E-state index contributed by atoms with van der Waals surface area (Å²) in [4.78, 5) is 27.1. The molecule has 116 valence electrons. The third-order valence-electron chi connectivity index (χ3n) is 4.77. The van der Waals surface area contributed by atoms with Crippen LogP contribution < -0.4 is 5.32 Å². The molecule has 1 heterocycles. The second kappa shape index (κ2) is 5.64. The molecule has 1 fully saturated rings. The van der Waals surface area contributed by atoms with Crippen molar-refractivity contribution in [3.8, 4) is 0 Å². The molecule has 2 rings (SSSR count). The first-order chi connectivity index (χ1) is 9.80. The van der Waals surface area contributed by atoms with Gasteiger partial charge in [-0.2, -0.15) is 0 Å². The van der Waals surface area contributed by atoms with Crippen LogP contribution in [0, 0.1) is 19.3 Å². The maximum absolute atomic E-state index is 12.5. The summed E-state index contributed by atoms with van der Waals surface area (Å²) in [5.41, 5.74) is 2.21. The number of Topliss-reactive ketones (excluding diaryl/α,β-unsaturated/α-hetero) is 1. The number of carbonyl (C=O) groups is 2. The zero-order valence-corrected chi connectivity index (χ0v) is 13.2. The van der Waals surface area contributed by atoms with Gasteiger partial charge in [0.25, 0.3) is 5.91 Å². The van der Waals surface area contributed by atoms with Crippen molar-refractivity contribution >= 4 is 11.7 Å². The van der Waals surface area contributed by atoms with E-state index < -0.39 is 0 Å². The number of hydrogen-bond acceptors (Lipinski definition) is 3. The monoisotopic (exact) mass is 292 g/mol. The molecule has 1 aliphatic rings. The minimum absolute atomic E-state index is 0.0289. The Labute approximate surface area is 125 Å². The van der Waals surface area contributed by atoms with Crippen molar-refractivity contribution in [2.45, 2.75) is 53.0 Å². The molecule has 1 aliphatic carbocycles. The lowest BCUT2D eigenvalue weighted by Crippen LogP contribution is -2.45. The van der Waals surface area contributed by atoms with E-state index in [1.165, 1.54) is 6.92 Å². The summed E-state index contributed by atoms with van der Waals surface area (Å²) in [6.45, 7) is 7.16. The van der Waals surface area contributed by atoms with Gasteiger partial charge in [-0.05, 0) is 39.2 Å². The number of H-pyrrole nitrogens is 1. The number of aromatic nitrogens is 1. The average Bonchev–Trinajstić information content (AvgIpc) is 2.91. The summed E-state index contributed by atoms with van der Waals surface area (Å²) in [5, 5.41) is 12.6. The highest BCUT2D eigenvalue weighted by atomic mass is 16.3. The number of hydrogen-bond donors (Lipinski definition) is 3. The standard InChI is InChI=1S/C16H24N2O3/c1-9-13(11(3)20)10(2)17-14(9)15(21)18-12-6-5-7-16(12,4)8-19/h12,17,19H,5-8H2,1-4H3,(H,18,21). The van der Waals surface area contributed by atoms with E-state index in [4.69, 9.17) is 0 Å². The van der Waals surface area contributed by atoms with Crippen molar-refractivity contribution in [3.05, 3.63) is 22.5 Å². The lowest BCUT2D eigenvalue weighted by atomic mass is 9.85. The zero-order valence-electron chi connectivity index (χ0n) is 13.2. The molecule has 0 saturated heterocycles. The molecule has 0 aromatic carbocycles. The van der Waals surface area contributed by atoms with Crippen molar-refractivity contribution < 1.29 is 14.7 Å². The second-order valence-electron chi connectivity index (χ2n) is 6.41. The van der Waals surface area contributed by atoms with E-state index in [1.54, 1.807) is 13.8 Å². The van der Waals surface area contributed by atoms with E-state index in [1.807, 2.05) is 6.92 Å². The molecule has 1 aromatic rings. The highest BCUT2D eigenvalue weighted by molar-refractivity contribution is 6.02. The molecule has 5 nitrogen and oxygen atoms in total. The molecule has 5 heteroatoms. The third-order valence-corrected chi connectivity index (χ3v) is 4.77. The summed E-state index contributed by atoms with van der Waals surface area (Å²) in [5.74, 6) is -0.240. The van der Waals surface area contributed by atoms with Gasteiger partial charge in [0.15, 0.2) is 5.78 Å². The van der Waals surface area contributed by atoms with Gasteiger partial charge in [-0.25, -0.2) is 0 Å². The summed E-state index contributed by atoms with van der Waals surface area (Å²) in [7, 11) is 0. The molecular formula is C16H24N2O3. The SMILES string of the molecule is CC(=O)c1c(C)[nH]c(C(=O)NC2CCCC2(C)CO)c1C. The molecule has 0 aliphatic heterocycles. The van der Waals surface area contributed by atoms with Crippen molar-refractivity contribution in [1.82, 2.24) is 10.3 Å². The predicted molar refractivity (Wildman–Crippen MR) is 80.6 cm³/mol. The second-order valence-corrected chi connectivity index (χ2v) is 6.41. The Morgan fingerprint density at radius 3 is 2.62 bits per heavy atom. The van der Waals surface area contributed by atoms with Gasteiger partial charge in [-0.1, -0.05) is 13.3 Å². The number of ketones is 1. The highest BCUT2D eigenvalue weighted by Crippen LogP contribution is 2.37. The number of rotatable bonds is 4. The molecule has 1 saturated carbocycles. The van der Waals surface area contributed by atoms with Gasteiger partial charge in [0.1, 0.15) is 5.69 Å². The van der Waals surface area contributed by atoms with Gasteiger partial charge < -0.3 is 15.4 Å². The minimum atomic E-state index is -0.255. The van der Waals surface area contributed by atoms with Crippen LogP contribution in [-0.4, -0.2) is 34.4 Å². The zero-order chi connectivity index (χ0) is 15.8. The number of aliphatic hydroxyl groups is 1. The van der Waals surface area contributed by atoms with E-state index in [2.05, 4.69) is 10.3 Å². The largest absolute Gasteiger partial charge is 0.396 e. The van der Waals surface area contributed by atoms with E-state index in [9.17, 15) is 14.7 Å². The van der Waals surface area contributed by atoms with Crippen LogP contribution in [-0.2, 0) is 0 Å². The predicted octanol–water partition coefficient (Wildman–Crippen LogP) is 2.12. The van der Waals surface area contributed by atoms with E-state index in [0.29, 0.717) is 16.8 Å². The van der Waals surface area contributed by atoms with Crippen LogP contribution in [0.5, 0.6) is 0 Å². The fourth-order valence-corrected chi connectivity index (χ4v) is 3.40. The highest BCUT2D eigenvalue weighted by Gasteiger charge is 2.39. The lowest BCUT2D eigenvalue weighted by Gasteiger charge is -2.30. The average molecular weight is 292 g/mol. The first kappa shape index (κ1) is 15.8. The third kappa shape index (κ3) is 2.75. The molecular weight excluding hydrogens is 268 g/mol. The molecule has 0 bridgehead atoms. The van der Waals surface area contributed by atoms with E-state index in [0.717, 1.165) is 25.0 Å². The number of aryl methyl sites for hydroxylation is 1. The summed E-state index contributed by atoms with van der Waals surface area (Å²) < 4.78 is 0. The van der Waals surface area contributed by atoms with Gasteiger partial charge in [0.2, 0.25) is 0 Å². The van der Waals surface area contributed by atoms with Crippen LogP contribution in [0.4, 0.5) is 0 Å². The first-order valence-electron chi connectivity index (χ1n) is 7.42.